The van der Waals surface area contributed by atoms with Crippen LogP contribution in [0.1, 0.15) is 35.3 Å². The molecule has 0 bridgehead atoms. The summed E-state index contributed by atoms with van der Waals surface area (Å²) >= 11 is 8.15. The number of unbranched alkanes of at least 4 members (excludes halogenated alkanes) is 1. The third kappa shape index (κ3) is 6.09. The van der Waals surface area contributed by atoms with Crippen molar-refractivity contribution in [1.82, 2.24) is 0 Å². The van der Waals surface area contributed by atoms with Gasteiger partial charge in [0.25, 0.3) is 0 Å². The lowest BCUT2D eigenvalue weighted by atomic mass is 10.2. The summed E-state index contributed by atoms with van der Waals surface area (Å²) in [5, 5.41) is 12.7. The minimum atomic E-state index is -3.13. The number of hydrogen-bond donors (Lipinski definition) is 0. The Bertz CT molecular complexity index is 1310. The molecule has 2 aromatic heterocycles. The molecule has 32 heavy (non-hydrogen) atoms. The van der Waals surface area contributed by atoms with Gasteiger partial charge in [-0.25, -0.2) is 4.21 Å². The molecular weight excluding hydrogens is 481 g/mol. The molecule has 0 N–H and O–H groups in total. The van der Waals surface area contributed by atoms with E-state index in [2.05, 4.69) is 64.3 Å². The summed E-state index contributed by atoms with van der Waals surface area (Å²) in [5.41, 5.74) is 3.66. The largest absolute Gasteiger partial charge is 0.709 e. The molecule has 0 radical (unpaired) electrons. The Balaban J connectivity index is 0.000000186. The number of fused-ring (bicyclic) bond motifs is 2. The summed E-state index contributed by atoms with van der Waals surface area (Å²) in [5.74, 6) is 0.0526. The van der Waals surface area contributed by atoms with Crippen LogP contribution in [0.3, 0.4) is 0 Å². The Morgan fingerprint density at radius 1 is 0.969 bits per heavy atom. The van der Waals surface area contributed by atoms with Gasteiger partial charge >= 0.3 is 0 Å². The molecule has 4 rings (SSSR count). The van der Waals surface area contributed by atoms with Crippen LogP contribution in [0.25, 0.3) is 20.4 Å². The first kappa shape index (κ1) is 25.1. The maximum absolute atomic E-state index is 11.4. The Hall–Kier alpha value is -1.49. The highest BCUT2D eigenvalue weighted by Gasteiger charge is 2.18. The van der Waals surface area contributed by atoms with Gasteiger partial charge in [-0.3, -0.25) is 0 Å². The van der Waals surface area contributed by atoms with Crippen LogP contribution in [0.5, 0.6) is 0 Å². The lowest BCUT2D eigenvalue weighted by molar-refractivity contribution is -0.673. The van der Waals surface area contributed by atoms with Crippen LogP contribution in [-0.2, 0) is 37.4 Å². The number of benzene rings is 2. The Labute approximate surface area is 202 Å². The van der Waals surface area contributed by atoms with Crippen molar-refractivity contribution in [2.75, 3.05) is 5.75 Å². The fourth-order valence-corrected chi connectivity index (χ4v) is 6.46. The van der Waals surface area contributed by atoms with Crippen molar-refractivity contribution in [1.29, 1.82) is 0 Å². The summed E-state index contributed by atoms with van der Waals surface area (Å²) in [6.07, 6.45) is 2.53. The summed E-state index contributed by atoms with van der Waals surface area (Å²) in [6, 6.07) is 14.8. The molecule has 2 heterocycles. The van der Waals surface area contributed by atoms with Gasteiger partial charge in [0.15, 0.2) is 6.54 Å². The van der Waals surface area contributed by atoms with Gasteiger partial charge in [0.2, 0.25) is 21.0 Å². The van der Waals surface area contributed by atoms with E-state index in [-0.39, 0.29) is 5.75 Å². The van der Waals surface area contributed by atoms with Crippen LogP contribution >= 0.6 is 22.7 Å². The standard InChI is InChI=1S/C12H16NS.C11H13NO3S3/c1-3-4-9-13-10(2)14-12-8-6-5-7-11(12)13;1-8-3-4-10-11(7-8)17-9(2)12(10)5-6-18(14,16)15-13/h5-8H,3-4,9H2,1-2H3;3-4,7H,5-6H2,1-2H3/q+1;. The van der Waals surface area contributed by atoms with Gasteiger partial charge in [0.05, 0.1) is 0 Å². The van der Waals surface area contributed by atoms with Crippen molar-refractivity contribution in [3.05, 3.63) is 58.0 Å². The zero-order valence-corrected chi connectivity index (χ0v) is 22.1. The van der Waals surface area contributed by atoms with Crippen LogP contribution in [-0.4, -0.2) is 9.96 Å². The summed E-state index contributed by atoms with van der Waals surface area (Å²) in [7, 11) is -3.13. The third-order valence-electron chi connectivity index (χ3n) is 5.24. The van der Waals surface area contributed by atoms with Crippen molar-refractivity contribution in [2.24, 2.45) is 0 Å². The highest BCUT2D eigenvalue weighted by atomic mass is 32.8. The van der Waals surface area contributed by atoms with Crippen molar-refractivity contribution in [3.8, 4) is 0 Å². The topological polar surface area (TPSA) is 57.1 Å². The Kier molecular flexibility index (Phi) is 8.71. The van der Waals surface area contributed by atoms with Gasteiger partial charge in [-0.2, -0.15) is 9.13 Å². The maximum Gasteiger partial charge on any atom is 0.235 e. The molecule has 0 aliphatic rings. The molecule has 0 saturated carbocycles. The fourth-order valence-electron chi connectivity index (χ4n) is 3.57. The van der Waals surface area contributed by atoms with Gasteiger partial charge in [-0.05, 0) is 24.6 Å². The number of aryl methyl sites for hydroxylation is 5. The van der Waals surface area contributed by atoms with E-state index in [0.29, 0.717) is 6.54 Å². The molecule has 0 fully saturated rings. The van der Waals surface area contributed by atoms with E-state index >= 15 is 0 Å². The fraction of sp³-hybridized carbons (Fsp3) is 0.391. The summed E-state index contributed by atoms with van der Waals surface area (Å²) in [4.78, 5) is 0. The molecule has 1 atom stereocenters. The highest BCUT2D eigenvalue weighted by Crippen LogP contribution is 2.21. The number of nitrogens with zero attached hydrogens (tertiary/aromatic N) is 2. The van der Waals surface area contributed by atoms with E-state index in [1.165, 1.54) is 38.3 Å². The number of thiazole rings is 2. The second kappa shape index (κ2) is 11.1. The first-order chi connectivity index (χ1) is 15.3. The minimum absolute atomic E-state index is 0.0526. The van der Waals surface area contributed by atoms with Crippen molar-refractivity contribution in [3.63, 3.8) is 0 Å². The average molecular weight is 510 g/mol. The molecule has 0 aliphatic heterocycles. The number of rotatable bonds is 7. The predicted octanol–water partition coefficient (Wildman–Crippen LogP) is 4.06. The number of aromatic nitrogens is 2. The Morgan fingerprint density at radius 3 is 2.28 bits per heavy atom. The van der Waals surface area contributed by atoms with E-state index in [1.807, 2.05) is 41.9 Å². The van der Waals surface area contributed by atoms with Crippen molar-refractivity contribution >= 4 is 63.1 Å². The molecule has 2 aromatic carbocycles. The van der Waals surface area contributed by atoms with Crippen LogP contribution in [0.15, 0.2) is 42.5 Å². The quantitative estimate of drug-likeness (QED) is 0.214. The molecule has 0 spiro atoms. The molecule has 0 aliphatic carbocycles. The second-order valence-corrected chi connectivity index (χ2v) is 13.3. The van der Waals surface area contributed by atoms with E-state index in [9.17, 15) is 9.47 Å². The molecule has 0 saturated heterocycles. The lowest BCUT2D eigenvalue weighted by Crippen LogP contribution is -2.39. The normalized spacial score (nSPS) is 13.2. The third-order valence-corrected chi connectivity index (χ3v) is 8.94. The van der Waals surface area contributed by atoms with Crippen LogP contribution in [0.4, 0.5) is 0 Å². The SMILES string of the molecule is CCCC[n+]1c(C)sc2ccccc21.Cc1ccc2c(c1)sc(C)[n+]2CCS(=O)(=S)O[O-]. The first-order valence-corrected chi connectivity index (χ1v) is 14.8. The molecule has 172 valence electrons. The van der Waals surface area contributed by atoms with Gasteiger partial charge in [-0.15, -0.1) is 0 Å². The van der Waals surface area contributed by atoms with Gasteiger partial charge in [0.1, 0.15) is 30.5 Å². The average Bonchev–Trinajstić information content (AvgIpc) is 3.25. The van der Waals surface area contributed by atoms with Crippen molar-refractivity contribution in [2.45, 2.75) is 53.6 Å². The maximum atomic E-state index is 11.4. The molecule has 1 unspecified atom stereocenters. The second-order valence-electron chi connectivity index (χ2n) is 7.67. The Morgan fingerprint density at radius 2 is 1.59 bits per heavy atom. The van der Waals surface area contributed by atoms with Crippen LogP contribution in [0, 0.1) is 20.8 Å². The zero-order chi connectivity index (χ0) is 23.3. The van der Waals surface area contributed by atoms with E-state index in [0.717, 1.165) is 17.1 Å². The molecule has 9 heteroatoms. The van der Waals surface area contributed by atoms with Crippen molar-refractivity contribution < 1.29 is 22.9 Å². The molecule has 5 nitrogen and oxygen atoms in total. The number of para-hydroxylation sites is 1. The predicted molar refractivity (Wildman–Crippen MR) is 135 cm³/mol. The molecule has 0 amide bonds. The minimum Gasteiger partial charge on any atom is -0.709 e. The van der Waals surface area contributed by atoms with Gasteiger partial charge in [0, 0.05) is 43.6 Å². The van der Waals surface area contributed by atoms with E-state index in [1.54, 1.807) is 11.3 Å². The van der Waals surface area contributed by atoms with E-state index in [4.69, 9.17) is 0 Å². The summed E-state index contributed by atoms with van der Waals surface area (Å²) in [6.45, 7) is 10.1. The van der Waals surface area contributed by atoms with Crippen LogP contribution in [0.2, 0.25) is 0 Å². The van der Waals surface area contributed by atoms with Gasteiger partial charge in [-0.1, -0.05) is 54.2 Å². The first-order valence-electron chi connectivity index (χ1n) is 10.6. The summed E-state index contributed by atoms with van der Waals surface area (Å²) < 4.78 is 22.0. The zero-order valence-electron chi connectivity index (χ0n) is 18.8. The molecular formula is C23H29N2O3S4+. The van der Waals surface area contributed by atoms with E-state index < -0.39 is 8.77 Å². The van der Waals surface area contributed by atoms with Crippen LogP contribution < -0.4 is 14.4 Å². The smallest absolute Gasteiger partial charge is 0.235 e. The van der Waals surface area contributed by atoms with Gasteiger partial charge < -0.3 is 9.59 Å². The number of hydrogen-bond acceptors (Lipinski definition) is 6. The highest BCUT2D eigenvalue weighted by molar-refractivity contribution is 8.30. The monoisotopic (exact) mass is 509 g/mol. The molecule has 4 aromatic rings. The lowest BCUT2D eigenvalue weighted by Gasteiger charge is -2.08.